The van der Waals surface area contributed by atoms with E-state index in [4.69, 9.17) is 11.6 Å². The van der Waals surface area contributed by atoms with Gasteiger partial charge in [0.1, 0.15) is 0 Å². The summed E-state index contributed by atoms with van der Waals surface area (Å²) < 4.78 is 26.7. The fourth-order valence-corrected chi connectivity index (χ4v) is 3.78. The van der Waals surface area contributed by atoms with Gasteiger partial charge in [0.05, 0.1) is 4.90 Å². The smallest absolute Gasteiger partial charge is 0.253 e. The summed E-state index contributed by atoms with van der Waals surface area (Å²) in [5.41, 5.74) is 2.52. The van der Waals surface area contributed by atoms with E-state index in [0.717, 1.165) is 11.1 Å². The van der Waals surface area contributed by atoms with Gasteiger partial charge in [-0.2, -0.15) is 0 Å². The molecular formula is C18H21ClN2O3S. The van der Waals surface area contributed by atoms with E-state index in [1.807, 2.05) is 18.2 Å². The largest absolute Gasteiger partial charge is 0.337 e. The maximum Gasteiger partial charge on any atom is 0.253 e. The molecule has 25 heavy (non-hydrogen) atoms. The molecule has 2 aromatic rings. The van der Waals surface area contributed by atoms with Crippen LogP contribution in [0.3, 0.4) is 0 Å². The third-order valence-electron chi connectivity index (χ3n) is 4.14. The summed E-state index contributed by atoms with van der Waals surface area (Å²) in [5.74, 6) is -0.268. The molecule has 0 heterocycles. The third kappa shape index (κ3) is 4.21. The molecule has 0 fully saturated rings. The molecule has 0 aliphatic rings. The average molecular weight is 381 g/mol. The second-order valence-corrected chi connectivity index (χ2v) is 8.14. The Balaban J connectivity index is 2.38. The lowest BCUT2D eigenvalue weighted by atomic mass is 10.1. The van der Waals surface area contributed by atoms with Crippen molar-refractivity contribution in [2.24, 2.45) is 0 Å². The Labute approximate surface area is 153 Å². The molecule has 2 aromatic carbocycles. The topological polar surface area (TPSA) is 66.5 Å². The van der Waals surface area contributed by atoms with E-state index in [0.29, 0.717) is 22.7 Å². The zero-order valence-electron chi connectivity index (χ0n) is 14.6. The fourth-order valence-electron chi connectivity index (χ4n) is 2.51. The van der Waals surface area contributed by atoms with E-state index in [1.54, 1.807) is 33.0 Å². The summed E-state index contributed by atoms with van der Waals surface area (Å²) >= 11 is 6.14. The lowest BCUT2D eigenvalue weighted by Gasteiger charge is -2.19. The number of amides is 1. The molecule has 0 saturated heterocycles. The summed E-state index contributed by atoms with van der Waals surface area (Å²) in [7, 11) is -0.631. The van der Waals surface area contributed by atoms with Crippen LogP contribution < -0.4 is 4.72 Å². The minimum absolute atomic E-state index is 0.115. The number of nitrogens with zero attached hydrogens (tertiary/aromatic N) is 1. The Morgan fingerprint density at radius 2 is 1.84 bits per heavy atom. The lowest BCUT2D eigenvalue weighted by molar-refractivity contribution is 0.0785. The third-order valence-corrected chi connectivity index (χ3v) is 6.05. The summed E-state index contributed by atoms with van der Waals surface area (Å²) in [6.07, 6.45) is 0. The molecule has 0 unspecified atom stereocenters. The first-order valence-electron chi connectivity index (χ1n) is 7.71. The number of benzene rings is 2. The van der Waals surface area contributed by atoms with E-state index < -0.39 is 10.0 Å². The van der Waals surface area contributed by atoms with Crippen LogP contribution in [0, 0.1) is 13.8 Å². The Kier molecular flexibility index (Phi) is 5.87. The quantitative estimate of drug-likeness (QED) is 0.866. The van der Waals surface area contributed by atoms with Gasteiger partial charge in [0, 0.05) is 24.2 Å². The number of nitrogens with one attached hydrogen (secondary N) is 1. The molecule has 0 spiro atoms. The molecule has 0 saturated carbocycles. The minimum atomic E-state index is -3.64. The fraction of sp³-hybridized carbons (Fsp3) is 0.278. The van der Waals surface area contributed by atoms with Gasteiger partial charge in [-0.25, -0.2) is 13.1 Å². The monoisotopic (exact) mass is 380 g/mol. The SMILES string of the molecule is CNS(=O)(=O)c1cc(C(=O)N(C)Cc2ccccc2Cl)cc(C)c1C. The second kappa shape index (κ2) is 7.56. The zero-order chi connectivity index (χ0) is 18.8. The molecule has 7 heteroatoms. The lowest BCUT2D eigenvalue weighted by Crippen LogP contribution is -2.27. The molecule has 1 amide bonds. The van der Waals surface area contributed by atoms with Crippen LogP contribution in [0.5, 0.6) is 0 Å². The van der Waals surface area contributed by atoms with Crippen LogP contribution in [0.4, 0.5) is 0 Å². The summed E-state index contributed by atoms with van der Waals surface area (Å²) in [5, 5.41) is 0.584. The van der Waals surface area contributed by atoms with Gasteiger partial charge in [0.25, 0.3) is 5.91 Å². The van der Waals surface area contributed by atoms with E-state index >= 15 is 0 Å². The van der Waals surface area contributed by atoms with Crippen LogP contribution >= 0.6 is 11.6 Å². The Hall–Kier alpha value is -1.89. The maximum absolute atomic E-state index is 12.8. The first-order chi connectivity index (χ1) is 11.7. The van der Waals surface area contributed by atoms with Crippen LogP contribution in [0.15, 0.2) is 41.3 Å². The van der Waals surface area contributed by atoms with Crippen molar-refractivity contribution < 1.29 is 13.2 Å². The van der Waals surface area contributed by atoms with Crippen molar-refractivity contribution in [1.29, 1.82) is 0 Å². The van der Waals surface area contributed by atoms with E-state index in [1.165, 1.54) is 18.0 Å². The van der Waals surface area contributed by atoms with Crippen LogP contribution in [0.1, 0.15) is 27.0 Å². The molecule has 1 N–H and O–H groups in total. The highest BCUT2D eigenvalue weighted by molar-refractivity contribution is 7.89. The summed E-state index contributed by atoms with van der Waals surface area (Å²) in [6, 6.07) is 10.4. The number of hydrogen-bond donors (Lipinski definition) is 1. The molecular weight excluding hydrogens is 360 g/mol. The van der Waals surface area contributed by atoms with Gasteiger partial charge >= 0.3 is 0 Å². The summed E-state index contributed by atoms with van der Waals surface area (Å²) in [6.45, 7) is 3.84. The highest BCUT2D eigenvalue weighted by Gasteiger charge is 2.21. The van der Waals surface area contributed by atoms with Crippen molar-refractivity contribution >= 4 is 27.5 Å². The van der Waals surface area contributed by atoms with Gasteiger partial charge in [0.2, 0.25) is 10.0 Å². The first kappa shape index (κ1) is 19.4. The van der Waals surface area contributed by atoms with Crippen molar-refractivity contribution in [2.75, 3.05) is 14.1 Å². The number of halogens is 1. The number of hydrogen-bond acceptors (Lipinski definition) is 3. The number of carbonyl (C=O) groups excluding carboxylic acids is 1. The molecule has 134 valence electrons. The minimum Gasteiger partial charge on any atom is -0.337 e. The van der Waals surface area contributed by atoms with Crippen molar-refractivity contribution in [3.05, 3.63) is 63.7 Å². The molecule has 0 radical (unpaired) electrons. The van der Waals surface area contributed by atoms with E-state index in [9.17, 15) is 13.2 Å². The summed E-state index contributed by atoms with van der Waals surface area (Å²) in [4.78, 5) is 14.4. The Morgan fingerprint density at radius 1 is 1.20 bits per heavy atom. The zero-order valence-corrected chi connectivity index (χ0v) is 16.2. The Morgan fingerprint density at radius 3 is 2.44 bits per heavy atom. The van der Waals surface area contributed by atoms with Crippen molar-refractivity contribution in [1.82, 2.24) is 9.62 Å². The first-order valence-corrected chi connectivity index (χ1v) is 9.57. The molecule has 0 bridgehead atoms. The molecule has 5 nitrogen and oxygen atoms in total. The Bertz CT molecular complexity index is 911. The number of rotatable bonds is 5. The molecule has 0 aliphatic heterocycles. The second-order valence-electron chi connectivity index (χ2n) is 5.88. The number of aryl methyl sites for hydroxylation is 1. The van der Waals surface area contributed by atoms with Gasteiger partial charge in [0.15, 0.2) is 0 Å². The van der Waals surface area contributed by atoms with Crippen molar-refractivity contribution in [3.8, 4) is 0 Å². The number of carbonyl (C=O) groups is 1. The number of sulfonamides is 1. The van der Waals surface area contributed by atoms with Crippen LogP contribution in [-0.4, -0.2) is 33.3 Å². The predicted molar refractivity (Wildman–Crippen MR) is 99.4 cm³/mol. The molecule has 0 aromatic heterocycles. The van der Waals surface area contributed by atoms with Gasteiger partial charge < -0.3 is 4.90 Å². The van der Waals surface area contributed by atoms with E-state index in [2.05, 4.69) is 4.72 Å². The highest BCUT2D eigenvalue weighted by atomic mass is 35.5. The van der Waals surface area contributed by atoms with Gasteiger partial charge in [-0.1, -0.05) is 29.8 Å². The standard InChI is InChI=1S/C18H21ClN2O3S/c1-12-9-15(10-17(13(12)2)25(23,24)20-3)18(22)21(4)11-14-7-5-6-8-16(14)19/h5-10,20H,11H2,1-4H3. The van der Waals surface area contributed by atoms with Gasteiger partial charge in [-0.3, -0.25) is 4.79 Å². The van der Waals surface area contributed by atoms with Gasteiger partial charge in [-0.15, -0.1) is 0 Å². The maximum atomic E-state index is 12.8. The van der Waals surface area contributed by atoms with Crippen molar-refractivity contribution in [2.45, 2.75) is 25.3 Å². The predicted octanol–water partition coefficient (Wildman–Crippen LogP) is 3.14. The average Bonchev–Trinajstić information content (AvgIpc) is 2.58. The normalized spacial score (nSPS) is 11.4. The highest BCUT2D eigenvalue weighted by Crippen LogP contribution is 2.23. The van der Waals surface area contributed by atoms with Crippen LogP contribution in [0.25, 0.3) is 0 Å². The van der Waals surface area contributed by atoms with E-state index in [-0.39, 0.29) is 10.8 Å². The molecule has 0 aliphatic carbocycles. The van der Waals surface area contributed by atoms with Crippen molar-refractivity contribution in [3.63, 3.8) is 0 Å². The van der Waals surface area contributed by atoms with Gasteiger partial charge in [-0.05, 0) is 55.8 Å². The molecule has 2 rings (SSSR count). The van der Waals surface area contributed by atoms with Crippen LogP contribution in [0.2, 0.25) is 5.02 Å². The molecule has 0 atom stereocenters. The van der Waals surface area contributed by atoms with Crippen LogP contribution in [-0.2, 0) is 16.6 Å².